The van der Waals surface area contributed by atoms with Crippen molar-refractivity contribution in [3.05, 3.63) is 59.2 Å². The summed E-state index contributed by atoms with van der Waals surface area (Å²) in [6.07, 6.45) is 0. The van der Waals surface area contributed by atoms with E-state index in [4.69, 9.17) is 0 Å². The van der Waals surface area contributed by atoms with Crippen molar-refractivity contribution in [2.45, 2.75) is 25.7 Å². The second-order valence-electron chi connectivity index (χ2n) is 4.72. The van der Waals surface area contributed by atoms with Crippen LogP contribution in [0, 0.1) is 20.8 Å². The molecule has 0 saturated carbocycles. The molecule has 0 saturated heterocycles. The van der Waals surface area contributed by atoms with Crippen molar-refractivity contribution < 1.29 is 8.42 Å². The van der Waals surface area contributed by atoms with Crippen molar-refractivity contribution in [2.24, 2.45) is 0 Å². The molecule has 0 aromatic heterocycles. The normalized spacial score (nSPS) is 11.3. The molecule has 100 valence electrons. The minimum absolute atomic E-state index is 0.274. The molecule has 0 aliphatic carbocycles. The molecule has 3 nitrogen and oxygen atoms in total. The first-order valence-electron chi connectivity index (χ1n) is 6.05. The zero-order chi connectivity index (χ0) is 14.0. The van der Waals surface area contributed by atoms with Gasteiger partial charge in [0.2, 0.25) is 0 Å². The predicted octanol–water partition coefficient (Wildman–Crippen LogP) is 3.41. The Kier molecular flexibility index (Phi) is 3.62. The zero-order valence-corrected chi connectivity index (χ0v) is 12.1. The molecule has 0 fully saturated rings. The summed E-state index contributed by atoms with van der Waals surface area (Å²) in [6, 6.07) is 12.3. The number of hydrogen-bond acceptors (Lipinski definition) is 2. The third-order valence-electron chi connectivity index (χ3n) is 3.09. The number of anilines is 1. The molecule has 0 atom stereocenters. The van der Waals surface area contributed by atoms with Gasteiger partial charge in [-0.3, -0.25) is 4.72 Å². The second kappa shape index (κ2) is 5.05. The minimum Gasteiger partial charge on any atom is -0.280 e. The molecule has 0 aliphatic heterocycles. The van der Waals surface area contributed by atoms with Crippen molar-refractivity contribution in [3.63, 3.8) is 0 Å². The molecule has 19 heavy (non-hydrogen) atoms. The van der Waals surface area contributed by atoms with Crippen molar-refractivity contribution >= 4 is 15.7 Å². The first kappa shape index (κ1) is 13.6. The van der Waals surface area contributed by atoms with Crippen LogP contribution >= 0.6 is 0 Å². The predicted molar refractivity (Wildman–Crippen MR) is 77.9 cm³/mol. The Labute approximate surface area is 114 Å². The maximum atomic E-state index is 12.2. The maximum absolute atomic E-state index is 12.2. The van der Waals surface area contributed by atoms with Crippen LogP contribution in [0.3, 0.4) is 0 Å². The van der Waals surface area contributed by atoms with Gasteiger partial charge in [-0.15, -0.1) is 0 Å². The summed E-state index contributed by atoms with van der Waals surface area (Å²) < 4.78 is 27.0. The Morgan fingerprint density at radius 3 is 2.05 bits per heavy atom. The average molecular weight is 275 g/mol. The summed E-state index contributed by atoms with van der Waals surface area (Å²) in [7, 11) is -3.51. The summed E-state index contributed by atoms with van der Waals surface area (Å²) >= 11 is 0. The van der Waals surface area contributed by atoms with Gasteiger partial charge in [0.15, 0.2) is 0 Å². The van der Waals surface area contributed by atoms with Gasteiger partial charge in [-0.1, -0.05) is 23.8 Å². The lowest BCUT2D eigenvalue weighted by Crippen LogP contribution is -2.13. The molecule has 0 radical (unpaired) electrons. The van der Waals surface area contributed by atoms with Crippen LogP contribution in [-0.2, 0) is 10.0 Å². The standard InChI is InChI=1S/C15H17NO2S/c1-11-4-8-15(9-5-11)19(17,18)16-14-7-6-12(2)13(3)10-14/h4-10,16H,1-3H3. The molecule has 0 amide bonds. The molecule has 2 aromatic carbocycles. The summed E-state index contributed by atoms with van der Waals surface area (Å²) in [5, 5.41) is 0. The second-order valence-corrected chi connectivity index (χ2v) is 6.40. The molecule has 0 aliphatic rings. The fourth-order valence-electron chi connectivity index (χ4n) is 1.74. The fraction of sp³-hybridized carbons (Fsp3) is 0.200. The lowest BCUT2D eigenvalue weighted by Gasteiger charge is -2.10. The van der Waals surface area contributed by atoms with Crippen molar-refractivity contribution in [1.82, 2.24) is 0 Å². The molecule has 0 heterocycles. The quantitative estimate of drug-likeness (QED) is 0.933. The number of nitrogens with one attached hydrogen (secondary N) is 1. The fourth-order valence-corrected chi connectivity index (χ4v) is 2.79. The molecule has 4 heteroatoms. The number of benzene rings is 2. The topological polar surface area (TPSA) is 46.2 Å². The Bertz CT molecular complexity index is 689. The maximum Gasteiger partial charge on any atom is 0.261 e. The van der Waals surface area contributed by atoms with Gasteiger partial charge in [0, 0.05) is 5.69 Å². The van der Waals surface area contributed by atoms with Crippen LogP contribution in [0.5, 0.6) is 0 Å². The minimum atomic E-state index is -3.51. The highest BCUT2D eigenvalue weighted by Crippen LogP contribution is 2.19. The Morgan fingerprint density at radius 2 is 1.47 bits per heavy atom. The highest BCUT2D eigenvalue weighted by atomic mass is 32.2. The van der Waals surface area contributed by atoms with Gasteiger partial charge >= 0.3 is 0 Å². The number of rotatable bonds is 3. The lowest BCUT2D eigenvalue weighted by atomic mass is 10.1. The lowest BCUT2D eigenvalue weighted by molar-refractivity contribution is 0.601. The molecule has 0 bridgehead atoms. The third kappa shape index (κ3) is 3.15. The van der Waals surface area contributed by atoms with Crippen LogP contribution in [0.25, 0.3) is 0 Å². The van der Waals surface area contributed by atoms with Crippen molar-refractivity contribution in [1.29, 1.82) is 0 Å². The third-order valence-corrected chi connectivity index (χ3v) is 4.49. The number of hydrogen-bond donors (Lipinski definition) is 1. The molecule has 2 rings (SSSR count). The molecule has 0 spiro atoms. The first-order chi connectivity index (χ1) is 8.88. The van der Waals surface area contributed by atoms with Gasteiger partial charge in [0.1, 0.15) is 0 Å². The van der Waals surface area contributed by atoms with E-state index in [2.05, 4.69) is 4.72 Å². The highest BCUT2D eigenvalue weighted by Gasteiger charge is 2.13. The van der Waals surface area contributed by atoms with Crippen molar-refractivity contribution in [2.75, 3.05) is 4.72 Å². The van der Waals surface area contributed by atoms with E-state index in [1.165, 1.54) is 0 Å². The molecular formula is C15H17NO2S. The van der Waals surface area contributed by atoms with E-state index in [-0.39, 0.29) is 4.90 Å². The van der Waals surface area contributed by atoms with E-state index in [1.54, 1.807) is 30.3 Å². The monoisotopic (exact) mass is 275 g/mol. The average Bonchev–Trinajstić information content (AvgIpc) is 2.34. The molecule has 0 unspecified atom stereocenters. The van der Waals surface area contributed by atoms with Crippen LogP contribution < -0.4 is 4.72 Å². The first-order valence-corrected chi connectivity index (χ1v) is 7.53. The van der Waals surface area contributed by atoms with E-state index in [0.717, 1.165) is 16.7 Å². The highest BCUT2D eigenvalue weighted by molar-refractivity contribution is 7.92. The zero-order valence-electron chi connectivity index (χ0n) is 11.3. The molecular weight excluding hydrogens is 258 g/mol. The molecule has 1 N–H and O–H groups in total. The largest absolute Gasteiger partial charge is 0.280 e. The van der Waals surface area contributed by atoms with Crippen LogP contribution in [0.1, 0.15) is 16.7 Å². The Hall–Kier alpha value is -1.81. The van der Waals surface area contributed by atoms with E-state index < -0.39 is 10.0 Å². The smallest absolute Gasteiger partial charge is 0.261 e. The van der Waals surface area contributed by atoms with Crippen LogP contribution in [-0.4, -0.2) is 8.42 Å². The Morgan fingerprint density at radius 1 is 0.842 bits per heavy atom. The SMILES string of the molecule is Cc1ccc(S(=O)(=O)Nc2ccc(C)c(C)c2)cc1. The van der Waals surface area contributed by atoms with E-state index in [0.29, 0.717) is 5.69 Å². The van der Waals surface area contributed by atoms with Gasteiger partial charge < -0.3 is 0 Å². The van der Waals surface area contributed by atoms with Gasteiger partial charge in [-0.2, -0.15) is 0 Å². The van der Waals surface area contributed by atoms with E-state index in [1.807, 2.05) is 32.9 Å². The van der Waals surface area contributed by atoms with Gasteiger partial charge in [0.05, 0.1) is 4.90 Å². The van der Waals surface area contributed by atoms with Gasteiger partial charge in [-0.05, 0) is 56.2 Å². The Balaban J connectivity index is 2.30. The molecule has 2 aromatic rings. The van der Waals surface area contributed by atoms with Gasteiger partial charge in [0.25, 0.3) is 10.0 Å². The number of aryl methyl sites for hydroxylation is 3. The van der Waals surface area contributed by atoms with Crippen LogP contribution in [0.15, 0.2) is 47.4 Å². The van der Waals surface area contributed by atoms with E-state index >= 15 is 0 Å². The number of sulfonamides is 1. The van der Waals surface area contributed by atoms with Gasteiger partial charge in [-0.25, -0.2) is 8.42 Å². The van der Waals surface area contributed by atoms with Crippen LogP contribution in [0.4, 0.5) is 5.69 Å². The van der Waals surface area contributed by atoms with E-state index in [9.17, 15) is 8.42 Å². The summed E-state index contributed by atoms with van der Waals surface area (Å²) in [6.45, 7) is 5.87. The summed E-state index contributed by atoms with van der Waals surface area (Å²) in [5.41, 5.74) is 3.82. The van der Waals surface area contributed by atoms with Crippen LogP contribution in [0.2, 0.25) is 0 Å². The summed E-state index contributed by atoms with van der Waals surface area (Å²) in [4.78, 5) is 0.274. The summed E-state index contributed by atoms with van der Waals surface area (Å²) in [5.74, 6) is 0. The van der Waals surface area contributed by atoms with Crippen molar-refractivity contribution in [3.8, 4) is 0 Å².